The molecule has 0 fully saturated rings. The summed E-state index contributed by atoms with van der Waals surface area (Å²) >= 11 is 3.23. The molecule has 0 unspecified atom stereocenters. The van der Waals surface area contributed by atoms with Crippen molar-refractivity contribution in [3.05, 3.63) is 45.9 Å². The maximum Gasteiger partial charge on any atom is 0.246 e. The average Bonchev–Trinajstić information content (AvgIpc) is 2.85. The Bertz CT molecular complexity index is 605. The SMILES string of the molecule is CSc1ccc(/C=N\NC(=O)Cc2csc(C)n2)cc1. The van der Waals surface area contributed by atoms with Crippen molar-refractivity contribution in [1.82, 2.24) is 10.4 Å². The monoisotopic (exact) mass is 305 g/mol. The zero-order chi connectivity index (χ0) is 14.4. The number of hydrogen-bond donors (Lipinski definition) is 1. The number of hydrazone groups is 1. The molecule has 0 radical (unpaired) electrons. The molecule has 2 rings (SSSR count). The smallest absolute Gasteiger partial charge is 0.246 e. The van der Waals surface area contributed by atoms with E-state index in [-0.39, 0.29) is 12.3 Å². The third-order valence-corrected chi connectivity index (χ3v) is 4.09. The Kier molecular flexibility index (Phi) is 5.31. The molecule has 0 saturated carbocycles. The van der Waals surface area contributed by atoms with Crippen LogP contribution in [-0.2, 0) is 11.2 Å². The molecule has 0 spiro atoms. The molecular formula is C14H15N3OS2. The van der Waals surface area contributed by atoms with Gasteiger partial charge in [-0.05, 0) is 30.9 Å². The Hall–Kier alpha value is -1.66. The van der Waals surface area contributed by atoms with Crippen LogP contribution in [0.1, 0.15) is 16.3 Å². The van der Waals surface area contributed by atoms with E-state index >= 15 is 0 Å². The van der Waals surface area contributed by atoms with Crippen molar-refractivity contribution in [3.63, 3.8) is 0 Å². The van der Waals surface area contributed by atoms with Crippen molar-refractivity contribution in [3.8, 4) is 0 Å². The fraction of sp³-hybridized carbons (Fsp3) is 0.214. The number of hydrogen-bond acceptors (Lipinski definition) is 5. The van der Waals surface area contributed by atoms with Crippen molar-refractivity contribution in [2.24, 2.45) is 5.10 Å². The van der Waals surface area contributed by atoms with Crippen LogP contribution in [0, 0.1) is 6.92 Å². The van der Waals surface area contributed by atoms with Gasteiger partial charge in [0, 0.05) is 10.3 Å². The zero-order valence-corrected chi connectivity index (χ0v) is 12.9. The van der Waals surface area contributed by atoms with Crippen LogP contribution < -0.4 is 5.43 Å². The van der Waals surface area contributed by atoms with Gasteiger partial charge >= 0.3 is 0 Å². The molecule has 6 heteroatoms. The van der Waals surface area contributed by atoms with Gasteiger partial charge in [0.1, 0.15) is 0 Å². The minimum absolute atomic E-state index is 0.160. The van der Waals surface area contributed by atoms with E-state index in [1.54, 1.807) is 18.0 Å². The minimum Gasteiger partial charge on any atom is -0.273 e. The molecule has 1 amide bonds. The predicted octanol–water partition coefficient (Wildman–Crippen LogP) is 2.87. The van der Waals surface area contributed by atoms with Crippen molar-refractivity contribution < 1.29 is 4.79 Å². The molecule has 0 atom stereocenters. The summed E-state index contributed by atoms with van der Waals surface area (Å²) in [5, 5.41) is 6.80. The number of carbonyl (C=O) groups is 1. The highest BCUT2D eigenvalue weighted by atomic mass is 32.2. The van der Waals surface area contributed by atoms with Gasteiger partial charge in [-0.25, -0.2) is 10.4 Å². The maximum absolute atomic E-state index is 11.6. The van der Waals surface area contributed by atoms with E-state index in [1.807, 2.05) is 42.8 Å². The molecule has 0 aliphatic rings. The first kappa shape index (κ1) is 14.7. The summed E-state index contributed by atoms with van der Waals surface area (Å²) in [6, 6.07) is 7.97. The van der Waals surface area contributed by atoms with Crippen LogP contribution in [0.4, 0.5) is 0 Å². The first-order valence-electron chi connectivity index (χ1n) is 6.04. The van der Waals surface area contributed by atoms with E-state index in [9.17, 15) is 4.79 Å². The molecule has 1 heterocycles. The van der Waals surface area contributed by atoms with Crippen LogP contribution in [0.15, 0.2) is 39.6 Å². The molecule has 104 valence electrons. The lowest BCUT2D eigenvalue weighted by atomic mass is 10.2. The van der Waals surface area contributed by atoms with Crippen LogP contribution in [0.3, 0.4) is 0 Å². The summed E-state index contributed by atoms with van der Waals surface area (Å²) in [7, 11) is 0. The van der Waals surface area contributed by atoms with Crippen LogP contribution in [0.2, 0.25) is 0 Å². The maximum atomic E-state index is 11.6. The Morgan fingerprint density at radius 2 is 2.20 bits per heavy atom. The second kappa shape index (κ2) is 7.21. The summed E-state index contributed by atoms with van der Waals surface area (Å²) in [5.74, 6) is -0.160. The lowest BCUT2D eigenvalue weighted by molar-refractivity contribution is -0.120. The van der Waals surface area contributed by atoms with Crippen molar-refractivity contribution in [2.45, 2.75) is 18.2 Å². The number of amides is 1. The summed E-state index contributed by atoms with van der Waals surface area (Å²) in [5.41, 5.74) is 4.24. The highest BCUT2D eigenvalue weighted by molar-refractivity contribution is 7.98. The van der Waals surface area contributed by atoms with Crippen molar-refractivity contribution in [1.29, 1.82) is 0 Å². The summed E-state index contributed by atoms with van der Waals surface area (Å²) < 4.78 is 0. The quantitative estimate of drug-likeness (QED) is 0.525. The summed E-state index contributed by atoms with van der Waals surface area (Å²) in [6.45, 7) is 1.92. The third-order valence-electron chi connectivity index (χ3n) is 2.53. The zero-order valence-electron chi connectivity index (χ0n) is 11.3. The number of thioether (sulfide) groups is 1. The van der Waals surface area contributed by atoms with E-state index < -0.39 is 0 Å². The van der Waals surface area contributed by atoms with Crippen LogP contribution in [0.5, 0.6) is 0 Å². The molecule has 2 aromatic rings. The van der Waals surface area contributed by atoms with Crippen molar-refractivity contribution >= 4 is 35.2 Å². The second-order valence-corrected chi connectivity index (χ2v) is 6.04. The number of nitrogens with one attached hydrogen (secondary N) is 1. The van der Waals surface area contributed by atoms with Crippen LogP contribution in [0.25, 0.3) is 0 Å². The van der Waals surface area contributed by atoms with E-state index in [0.29, 0.717) is 0 Å². The molecule has 0 bridgehead atoms. The molecule has 0 aliphatic carbocycles. The fourth-order valence-electron chi connectivity index (χ4n) is 1.56. The van der Waals surface area contributed by atoms with Gasteiger partial charge in [0.25, 0.3) is 0 Å². The lowest BCUT2D eigenvalue weighted by Gasteiger charge is -1.98. The van der Waals surface area contributed by atoms with Gasteiger partial charge in [-0.1, -0.05) is 12.1 Å². The largest absolute Gasteiger partial charge is 0.273 e. The lowest BCUT2D eigenvalue weighted by Crippen LogP contribution is -2.19. The highest BCUT2D eigenvalue weighted by Crippen LogP contribution is 2.13. The number of aryl methyl sites for hydroxylation is 1. The number of aromatic nitrogens is 1. The fourth-order valence-corrected chi connectivity index (χ4v) is 2.58. The number of carbonyl (C=O) groups excluding carboxylic acids is 1. The van der Waals surface area contributed by atoms with Gasteiger partial charge in [-0.2, -0.15) is 5.10 Å². The van der Waals surface area contributed by atoms with Gasteiger partial charge in [0.2, 0.25) is 5.91 Å². The predicted molar refractivity (Wildman–Crippen MR) is 84.5 cm³/mol. The number of thiazole rings is 1. The Morgan fingerprint density at radius 1 is 1.45 bits per heavy atom. The molecule has 1 N–H and O–H groups in total. The average molecular weight is 305 g/mol. The molecular weight excluding hydrogens is 290 g/mol. The minimum atomic E-state index is -0.160. The third kappa shape index (κ3) is 4.47. The van der Waals surface area contributed by atoms with Crippen LogP contribution in [-0.4, -0.2) is 23.4 Å². The van der Waals surface area contributed by atoms with Crippen LogP contribution >= 0.6 is 23.1 Å². The molecule has 1 aromatic carbocycles. The Morgan fingerprint density at radius 3 is 2.80 bits per heavy atom. The van der Waals surface area contributed by atoms with E-state index in [1.165, 1.54) is 16.2 Å². The molecule has 20 heavy (non-hydrogen) atoms. The Labute approximate surface area is 126 Å². The van der Waals surface area contributed by atoms with Gasteiger partial charge < -0.3 is 0 Å². The molecule has 0 aliphatic heterocycles. The van der Waals surface area contributed by atoms with E-state index in [4.69, 9.17) is 0 Å². The number of nitrogens with zero attached hydrogens (tertiary/aromatic N) is 2. The van der Waals surface area contributed by atoms with E-state index in [2.05, 4.69) is 15.5 Å². The Balaban J connectivity index is 1.84. The molecule has 0 saturated heterocycles. The molecule has 1 aromatic heterocycles. The van der Waals surface area contributed by atoms with E-state index in [0.717, 1.165) is 16.3 Å². The van der Waals surface area contributed by atoms with Gasteiger partial charge in [0.05, 0.1) is 23.3 Å². The normalized spacial score (nSPS) is 10.9. The molecule has 4 nitrogen and oxygen atoms in total. The topological polar surface area (TPSA) is 54.4 Å². The standard InChI is InChI=1S/C14H15N3OS2/c1-10-16-12(9-20-10)7-14(18)17-15-8-11-3-5-13(19-2)6-4-11/h3-6,8-9H,7H2,1-2H3,(H,17,18)/b15-8-. The van der Waals surface area contributed by atoms with Crippen molar-refractivity contribution in [2.75, 3.05) is 6.26 Å². The van der Waals surface area contributed by atoms with Gasteiger partial charge in [-0.15, -0.1) is 23.1 Å². The second-order valence-electron chi connectivity index (χ2n) is 4.10. The van der Waals surface area contributed by atoms with Gasteiger partial charge in [-0.3, -0.25) is 4.79 Å². The first-order chi connectivity index (χ1) is 9.67. The first-order valence-corrected chi connectivity index (χ1v) is 8.15. The summed E-state index contributed by atoms with van der Waals surface area (Å²) in [6.07, 6.45) is 3.92. The highest BCUT2D eigenvalue weighted by Gasteiger charge is 2.04. The van der Waals surface area contributed by atoms with Gasteiger partial charge in [0.15, 0.2) is 0 Å². The number of benzene rings is 1. The summed E-state index contributed by atoms with van der Waals surface area (Å²) in [4.78, 5) is 17.1. The number of rotatable bonds is 5.